The number of benzene rings is 2. The van der Waals surface area contributed by atoms with Crippen molar-refractivity contribution < 1.29 is 9.59 Å². The van der Waals surface area contributed by atoms with E-state index in [1.165, 1.54) is 0 Å². The number of ketones is 1. The molecule has 2 aromatic rings. The molecule has 108 valence electrons. The van der Waals surface area contributed by atoms with E-state index in [-0.39, 0.29) is 24.5 Å². The van der Waals surface area contributed by atoms with Gasteiger partial charge in [-0.1, -0.05) is 33.6 Å². The lowest BCUT2D eigenvalue weighted by Crippen LogP contribution is -2.13. The molecule has 5 heteroatoms. The van der Waals surface area contributed by atoms with E-state index in [1.807, 2.05) is 12.1 Å². The van der Waals surface area contributed by atoms with Gasteiger partial charge in [0.25, 0.3) is 0 Å². The van der Waals surface area contributed by atoms with Crippen LogP contribution < -0.4 is 5.32 Å². The normalized spacial score (nSPS) is 10.2. The number of nitrogens with one attached hydrogen (secondary N) is 1. The summed E-state index contributed by atoms with van der Waals surface area (Å²) in [4.78, 5) is 23.8. The molecule has 2 aromatic carbocycles. The fourth-order valence-electron chi connectivity index (χ4n) is 1.80. The molecule has 0 saturated carbocycles. The van der Waals surface area contributed by atoms with Crippen molar-refractivity contribution in [2.45, 2.75) is 12.8 Å². The molecule has 0 heterocycles. The molecule has 0 radical (unpaired) electrons. The monoisotopic (exact) mass is 365 g/mol. The van der Waals surface area contributed by atoms with Crippen LogP contribution in [-0.2, 0) is 4.79 Å². The van der Waals surface area contributed by atoms with Gasteiger partial charge in [0.1, 0.15) is 0 Å². The second kappa shape index (κ2) is 7.38. The summed E-state index contributed by atoms with van der Waals surface area (Å²) in [7, 11) is 0. The molecule has 1 N–H and O–H groups in total. The maximum absolute atomic E-state index is 11.9. The zero-order valence-corrected chi connectivity index (χ0v) is 13.4. The molecule has 0 aliphatic rings. The number of rotatable bonds is 5. The minimum atomic E-state index is -0.185. The van der Waals surface area contributed by atoms with Crippen molar-refractivity contribution in [3.8, 4) is 0 Å². The van der Waals surface area contributed by atoms with Crippen molar-refractivity contribution in [2.75, 3.05) is 5.32 Å². The first-order valence-electron chi connectivity index (χ1n) is 6.39. The maximum atomic E-state index is 11.9. The molecule has 0 unspecified atom stereocenters. The van der Waals surface area contributed by atoms with Crippen LogP contribution in [0.1, 0.15) is 23.2 Å². The Bertz CT molecular complexity index is 656. The van der Waals surface area contributed by atoms with Crippen molar-refractivity contribution in [3.05, 3.63) is 63.6 Å². The van der Waals surface area contributed by atoms with Crippen LogP contribution in [0.25, 0.3) is 0 Å². The molecule has 21 heavy (non-hydrogen) atoms. The molecule has 0 aliphatic carbocycles. The van der Waals surface area contributed by atoms with Crippen LogP contribution in [-0.4, -0.2) is 11.7 Å². The number of anilines is 1. The molecule has 0 bridgehead atoms. The summed E-state index contributed by atoms with van der Waals surface area (Å²) >= 11 is 9.10. The average Bonchev–Trinajstić information content (AvgIpc) is 2.45. The number of halogens is 2. The van der Waals surface area contributed by atoms with E-state index in [9.17, 15) is 9.59 Å². The van der Waals surface area contributed by atoms with Gasteiger partial charge in [-0.3, -0.25) is 9.59 Å². The Morgan fingerprint density at radius 2 is 1.76 bits per heavy atom. The topological polar surface area (TPSA) is 46.2 Å². The maximum Gasteiger partial charge on any atom is 0.224 e. The van der Waals surface area contributed by atoms with Gasteiger partial charge in [-0.05, 0) is 42.5 Å². The van der Waals surface area contributed by atoms with Gasteiger partial charge in [-0.2, -0.15) is 0 Å². The number of carbonyl (C=O) groups excluding carboxylic acids is 2. The Balaban J connectivity index is 1.86. The summed E-state index contributed by atoms with van der Waals surface area (Å²) in [6.07, 6.45) is 0.315. The van der Waals surface area contributed by atoms with Gasteiger partial charge in [0.05, 0.1) is 0 Å². The Kier molecular flexibility index (Phi) is 5.53. The van der Waals surface area contributed by atoms with Crippen LogP contribution in [0, 0.1) is 0 Å². The van der Waals surface area contributed by atoms with E-state index >= 15 is 0 Å². The van der Waals surface area contributed by atoms with E-state index in [0.717, 1.165) is 4.47 Å². The highest BCUT2D eigenvalue weighted by atomic mass is 79.9. The summed E-state index contributed by atoms with van der Waals surface area (Å²) < 4.78 is 0.887. The smallest absolute Gasteiger partial charge is 0.224 e. The fraction of sp³-hybridized carbons (Fsp3) is 0.125. The average molecular weight is 367 g/mol. The van der Waals surface area contributed by atoms with Gasteiger partial charge in [0.2, 0.25) is 5.91 Å². The van der Waals surface area contributed by atoms with Crippen molar-refractivity contribution in [1.29, 1.82) is 0 Å². The Labute approximate surface area is 136 Å². The fourth-order valence-corrected chi connectivity index (χ4v) is 2.32. The van der Waals surface area contributed by atoms with Gasteiger partial charge in [-0.25, -0.2) is 0 Å². The van der Waals surface area contributed by atoms with Crippen LogP contribution in [0.2, 0.25) is 5.02 Å². The third-order valence-corrected chi connectivity index (χ3v) is 3.60. The molecule has 0 aromatic heterocycles. The largest absolute Gasteiger partial charge is 0.326 e. The zero-order valence-electron chi connectivity index (χ0n) is 11.1. The molecule has 0 atom stereocenters. The molecule has 0 saturated heterocycles. The van der Waals surface area contributed by atoms with E-state index in [2.05, 4.69) is 21.2 Å². The van der Waals surface area contributed by atoms with E-state index in [1.54, 1.807) is 36.4 Å². The van der Waals surface area contributed by atoms with Crippen molar-refractivity contribution in [3.63, 3.8) is 0 Å². The van der Waals surface area contributed by atoms with Gasteiger partial charge in [0.15, 0.2) is 5.78 Å². The third-order valence-electron chi connectivity index (χ3n) is 2.85. The zero-order chi connectivity index (χ0) is 15.2. The van der Waals surface area contributed by atoms with Gasteiger partial charge < -0.3 is 5.32 Å². The van der Waals surface area contributed by atoms with E-state index in [4.69, 9.17) is 11.6 Å². The number of amides is 1. The van der Waals surface area contributed by atoms with E-state index in [0.29, 0.717) is 16.3 Å². The van der Waals surface area contributed by atoms with Crippen LogP contribution in [0.4, 0.5) is 5.69 Å². The number of Topliss-reactive ketones (excluding diaryl/α,β-unsaturated/α-hetero) is 1. The number of hydrogen-bond donors (Lipinski definition) is 1. The predicted octanol–water partition coefficient (Wildman–Crippen LogP) is 4.70. The standard InChI is InChI=1S/C16H13BrClNO2/c17-12-2-1-3-14(10-12)19-16(21)9-8-15(20)11-4-6-13(18)7-5-11/h1-7,10H,8-9H2,(H,19,21). The Hall–Kier alpha value is -1.65. The first kappa shape index (κ1) is 15.7. The van der Waals surface area contributed by atoms with Crippen molar-refractivity contribution >= 4 is 44.9 Å². The van der Waals surface area contributed by atoms with Gasteiger partial charge in [-0.15, -0.1) is 0 Å². The van der Waals surface area contributed by atoms with Crippen molar-refractivity contribution in [1.82, 2.24) is 0 Å². The molecule has 0 fully saturated rings. The molecule has 0 spiro atoms. The van der Waals surface area contributed by atoms with E-state index < -0.39 is 0 Å². The summed E-state index contributed by atoms with van der Waals surface area (Å²) in [5, 5.41) is 3.34. The first-order chi connectivity index (χ1) is 10.0. The van der Waals surface area contributed by atoms with Crippen LogP contribution in [0.3, 0.4) is 0 Å². The molecule has 2 rings (SSSR count). The van der Waals surface area contributed by atoms with Gasteiger partial charge in [0, 0.05) is 33.6 Å². The van der Waals surface area contributed by atoms with Gasteiger partial charge >= 0.3 is 0 Å². The first-order valence-corrected chi connectivity index (χ1v) is 7.56. The minimum Gasteiger partial charge on any atom is -0.326 e. The molecular weight excluding hydrogens is 354 g/mol. The minimum absolute atomic E-state index is 0.0731. The van der Waals surface area contributed by atoms with Crippen LogP contribution in [0.15, 0.2) is 53.0 Å². The number of carbonyl (C=O) groups is 2. The molecule has 3 nitrogen and oxygen atoms in total. The molecule has 1 amide bonds. The number of hydrogen-bond acceptors (Lipinski definition) is 2. The lowest BCUT2D eigenvalue weighted by molar-refractivity contribution is -0.116. The predicted molar refractivity (Wildman–Crippen MR) is 87.8 cm³/mol. The Morgan fingerprint density at radius 3 is 2.43 bits per heavy atom. The third kappa shape index (κ3) is 4.99. The molecule has 0 aliphatic heterocycles. The second-order valence-electron chi connectivity index (χ2n) is 4.49. The quantitative estimate of drug-likeness (QED) is 0.779. The summed E-state index contributed by atoms with van der Waals surface area (Å²) in [6, 6.07) is 14.0. The van der Waals surface area contributed by atoms with Crippen molar-refractivity contribution in [2.24, 2.45) is 0 Å². The summed E-state index contributed by atoms with van der Waals surface area (Å²) in [5.41, 5.74) is 1.27. The van der Waals surface area contributed by atoms with Crippen LogP contribution >= 0.6 is 27.5 Å². The molecular formula is C16H13BrClNO2. The highest BCUT2D eigenvalue weighted by molar-refractivity contribution is 9.10. The Morgan fingerprint density at radius 1 is 1.05 bits per heavy atom. The summed E-state index contributed by atoms with van der Waals surface area (Å²) in [5.74, 6) is -0.258. The lowest BCUT2D eigenvalue weighted by atomic mass is 10.1. The van der Waals surface area contributed by atoms with Crippen LogP contribution in [0.5, 0.6) is 0 Å². The SMILES string of the molecule is O=C(CCC(=O)c1ccc(Cl)cc1)Nc1cccc(Br)c1. The highest BCUT2D eigenvalue weighted by Crippen LogP contribution is 2.16. The second-order valence-corrected chi connectivity index (χ2v) is 5.84. The lowest BCUT2D eigenvalue weighted by Gasteiger charge is -2.05. The summed E-state index contributed by atoms with van der Waals surface area (Å²) in [6.45, 7) is 0. The highest BCUT2D eigenvalue weighted by Gasteiger charge is 2.09.